The Bertz CT molecular complexity index is 234. The fourth-order valence-corrected chi connectivity index (χ4v) is 3.78. The van der Waals surface area contributed by atoms with Crippen LogP contribution in [0.25, 0.3) is 0 Å². The molecule has 0 aromatic carbocycles. The highest BCUT2D eigenvalue weighted by molar-refractivity contribution is 7.86. The number of rotatable bonds is 4. The Labute approximate surface area is 94.0 Å². The lowest BCUT2D eigenvalue weighted by Crippen LogP contribution is -2.28. The summed E-state index contributed by atoms with van der Waals surface area (Å²) in [4.78, 5) is 11.1. The van der Waals surface area contributed by atoms with Crippen LogP contribution in [0.1, 0.15) is 45.4 Å². The van der Waals surface area contributed by atoms with Gasteiger partial charge in [0, 0.05) is 21.3 Å². The molecule has 15 heavy (non-hydrogen) atoms. The molecule has 0 saturated heterocycles. The fraction of sp³-hybridized carbons (Fsp3) is 0.909. The van der Waals surface area contributed by atoms with Crippen LogP contribution in [0.15, 0.2) is 0 Å². The summed E-state index contributed by atoms with van der Waals surface area (Å²) in [5, 5.41) is 0.235. The van der Waals surface area contributed by atoms with E-state index < -0.39 is 10.8 Å². The van der Waals surface area contributed by atoms with E-state index in [1.807, 2.05) is 6.92 Å². The number of ether oxygens (including phenoxy) is 1. The van der Waals surface area contributed by atoms with Gasteiger partial charge in [0.25, 0.3) is 0 Å². The van der Waals surface area contributed by atoms with Gasteiger partial charge >= 0.3 is 5.97 Å². The summed E-state index contributed by atoms with van der Waals surface area (Å²) in [6.45, 7) is 1.88. The lowest BCUT2D eigenvalue weighted by molar-refractivity contribution is -0.140. The van der Waals surface area contributed by atoms with E-state index >= 15 is 0 Å². The van der Waals surface area contributed by atoms with Crippen LogP contribution < -0.4 is 0 Å². The molecular weight excluding hydrogens is 212 g/mol. The molecule has 88 valence electrons. The molecule has 0 aromatic heterocycles. The summed E-state index contributed by atoms with van der Waals surface area (Å²) >= 11 is 0. The second kappa shape index (κ2) is 6.26. The average molecular weight is 232 g/mol. The maximum atomic E-state index is 12.1. The van der Waals surface area contributed by atoms with Crippen molar-refractivity contribution in [3.05, 3.63) is 0 Å². The quantitative estimate of drug-likeness (QED) is 0.696. The van der Waals surface area contributed by atoms with Crippen molar-refractivity contribution in [1.82, 2.24) is 0 Å². The van der Waals surface area contributed by atoms with Gasteiger partial charge < -0.3 is 4.74 Å². The molecule has 1 rings (SSSR count). The first kappa shape index (κ1) is 12.7. The second-order valence-corrected chi connectivity index (χ2v) is 6.31. The van der Waals surface area contributed by atoms with Crippen LogP contribution in [0.2, 0.25) is 0 Å². The Morgan fingerprint density at radius 3 is 2.53 bits per heavy atom. The molecular formula is C11H20O3S. The van der Waals surface area contributed by atoms with Crippen molar-refractivity contribution in [3.8, 4) is 0 Å². The zero-order valence-corrected chi connectivity index (χ0v) is 10.3. The predicted octanol–water partition coefficient (Wildman–Crippen LogP) is 2.02. The van der Waals surface area contributed by atoms with Gasteiger partial charge in [0.15, 0.2) is 0 Å². The smallest absolute Gasteiger partial charge is 0.306 e. The Morgan fingerprint density at radius 2 is 2.00 bits per heavy atom. The van der Waals surface area contributed by atoms with Crippen molar-refractivity contribution >= 4 is 16.8 Å². The molecule has 0 N–H and O–H groups in total. The van der Waals surface area contributed by atoms with Crippen molar-refractivity contribution in [1.29, 1.82) is 0 Å². The van der Waals surface area contributed by atoms with Crippen LogP contribution in [0.5, 0.6) is 0 Å². The molecule has 0 radical (unpaired) electrons. The molecule has 1 aliphatic carbocycles. The predicted molar refractivity (Wildman–Crippen MR) is 61.1 cm³/mol. The molecule has 1 fully saturated rings. The van der Waals surface area contributed by atoms with E-state index in [1.54, 1.807) is 0 Å². The van der Waals surface area contributed by atoms with Gasteiger partial charge in [-0.15, -0.1) is 0 Å². The van der Waals surface area contributed by atoms with E-state index in [4.69, 9.17) is 0 Å². The molecule has 2 unspecified atom stereocenters. The van der Waals surface area contributed by atoms with E-state index in [0.717, 1.165) is 12.8 Å². The summed E-state index contributed by atoms with van der Waals surface area (Å²) in [6, 6.07) is 0. The molecule has 2 atom stereocenters. The summed E-state index contributed by atoms with van der Waals surface area (Å²) in [6.07, 6.45) is 6.01. The van der Waals surface area contributed by atoms with Gasteiger partial charge in [-0.05, 0) is 12.8 Å². The highest BCUT2D eigenvalue weighted by Crippen LogP contribution is 2.24. The maximum absolute atomic E-state index is 12.1. The van der Waals surface area contributed by atoms with Crippen LogP contribution >= 0.6 is 0 Å². The maximum Gasteiger partial charge on any atom is 0.306 e. The summed E-state index contributed by atoms with van der Waals surface area (Å²) in [7, 11) is 0.499. The van der Waals surface area contributed by atoms with Crippen LogP contribution in [0.3, 0.4) is 0 Å². The third-order valence-corrected chi connectivity index (χ3v) is 5.05. The molecule has 4 heteroatoms. The SMILES string of the molecule is COC(=O)CC(C)S(=O)C1CCCCC1. The van der Waals surface area contributed by atoms with E-state index in [2.05, 4.69) is 4.74 Å². The molecule has 1 aliphatic rings. The minimum Gasteiger partial charge on any atom is -0.469 e. The van der Waals surface area contributed by atoms with E-state index in [-0.39, 0.29) is 17.6 Å². The molecule has 0 amide bonds. The van der Waals surface area contributed by atoms with Crippen LogP contribution in [0, 0.1) is 0 Å². The number of hydrogen-bond acceptors (Lipinski definition) is 3. The van der Waals surface area contributed by atoms with Crippen LogP contribution in [-0.2, 0) is 20.3 Å². The van der Waals surface area contributed by atoms with Gasteiger partial charge in [-0.25, -0.2) is 0 Å². The standard InChI is InChI=1S/C11H20O3S/c1-9(8-11(12)14-2)15(13)10-6-4-3-5-7-10/h9-10H,3-8H2,1-2H3. The lowest BCUT2D eigenvalue weighted by atomic mass is 10.0. The Balaban J connectivity index is 2.40. The number of esters is 1. The first-order valence-corrected chi connectivity index (χ1v) is 6.89. The molecule has 0 heterocycles. The van der Waals surface area contributed by atoms with Crippen molar-refractivity contribution in [2.45, 2.75) is 55.9 Å². The largest absolute Gasteiger partial charge is 0.469 e. The molecule has 1 saturated carbocycles. The van der Waals surface area contributed by atoms with Crippen molar-refractivity contribution < 1.29 is 13.7 Å². The zero-order valence-electron chi connectivity index (χ0n) is 9.53. The molecule has 3 nitrogen and oxygen atoms in total. The highest BCUT2D eigenvalue weighted by atomic mass is 32.2. The molecule has 0 bridgehead atoms. The Morgan fingerprint density at radius 1 is 1.40 bits per heavy atom. The monoisotopic (exact) mass is 232 g/mol. The summed E-state index contributed by atoms with van der Waals surface area (Å²) in [5.41, 5.74) is 0. The first-order chi connectivity index (χ1) is 7.15. The number of carbonyl (C=O) groups excluding carboxylic acids is 1. The van der Waals surface area contributed by atoms with Crippen molar-refractivity contribution in [2.24, 2.45) is 0 Å². The highest BCUT2D eigenvalue weighted by Gasteiger charge is 2.25. The van der Waals surface area contributed by atoms with Gasteiger partial charge in [-0.3, -0.25) is 9.00 Å². The van der Waals surface area contributed by atoms with Gasteiger partial charge in [0.1, 0.15) is 0 Å². The number of hydrogen-bond donors (Lipinski definition) is 0. The number of methoxy groups -OCH3 is 1. The van der Waals surface area contributed by atoms with Gasteiger partial charge in [-0.2, -0.15) is 0 Å². The van der Waals surface area contributed by atoms with Gasteiger partial charge in [0.05, 0.1) is 13.5 Å². The minimum atomic E-state index is -0.874. The topological polar surface area (TPSA) is 43.4 Å². The minimum absolute atomic E-state index is 0.0689. The van der Waals surface area contributed by atoms with Crippen LogP contribution in [0.4, 0.5) is 0 Å². The van der Waals surface area contributed by atoms with Gasteiger partial charge in [-0.1, -0.05) is 26.2 Å². The van der Waals surface area contributed by atoms with Gasteiger partial charge in [0.2, 0.25) is 0 Å². The molecule has 0 aromatic rings. The van der Waals surface area contributed by atoms with Crippen LogP contribution in [-0.4, -0.2) is 27.8 Å². The van der Waals surface area contributed by atoms with E-state index in [1.165, 1.54) is 26.4 Å². The second-order valence-electron chi connectivity index (χ2n) is 4.18. The third kappa shape index (κ3) is 3.93. The molecule has 0 spiro atoms. The normalized spacial score (nSPS) is 22.0. The summed E-state index contributed by atoms with van der Waals surface area (Å²) < 4.78 is 16.6. The summed E-state index contributed by atoms with van der Waals surface area (Å²) in [5.74, 6) is -0.258. The average Bonchev–Trinajstić information content (AvgIpc) is 2.29. The zero-order chi connectivity index (χ0) is 11.3. The van der Waals surface area contributed by atoms with Crippen molar-refractivity contribution in [3.63, 3.8) is 0 Å². The third-order valence-electron chi connectivity index (χ3n) is 2.96. The lowest BCUT2D eigenvalue weighted by Gasteiger charge is -2.23. The first-order valence-electron chi connectivity index (χ1n) is 5.61. The van der Waals surface area contributed by atoms with Crippen molar-refractivity contribution in [2.75, 3.05) is 7.11 Å². The Hall–Kier alpha value is -0.380. The fourth-order valence-electron chi connectivity index (χ4n) is 2.03. The van der Waals surface area contributed by atoms with E-state index in [0.29, 0.717) is 5.25 Å². The Kier molecular flexibility index (Phi) is 5.29. The van der Waals surface area contributed by atoms with E-state index in [9.17, 15) is 9.00 Å². The molecule has 0 aliphatic heterocycles. The number of carbonyl (C=O) groups is 1.